The van der Waals surface area contributed by atoms with Crippen molar-refractivity contribution in [2.45, 2.75) is 20.8 Å². The number of amides is 1. The normalized spacial score (nSPS) is 19.4. The minimum Gasteiger partial charge on any atom is -0.340 e. The lowest BCUT2D eigenvalue weighted by Gasteiger charge is -2.32. The highest BCUT2D eigenvalue weighted by atomic mass is 16.2. The number of rotatable bonds is 0. The van der Waals surface area contributed by atoms with E-state index in [0.717, 1.165) is 26.2 Å². The summed E-state index contributed by atoms with van der Waals surface area (Å²) in [5, 5.41) is 4.20. The zero-order chi connectivity index (χ0) is 9.19. The van der Waals surface area contributed by atoms with Crippen LogP contribution in [0.5, 0.6) is 0 Å². The fraction of sp³-hybridized carbons (Fsp3) is 0.889. The lowest BCUT2D eigenvalue weighted by molar-refractivity contribution is -0.140. The van der Waals surface area contributed by atoms with Crippen molar-refractivity contribution in [2.24, 2.45) is 5.41 Å². The average molecular weight is 169 g/mol. The summed E-state index contributed by atoms with van der Waals surface area (Å²) >= 11 is 0. The van der Waals surface area contributed by atoms with Crippen LogP contribution in [0.2, 0.25) is 0 Å². The Balaban J connectivity index is 2.51. The van der Waals surface area contributed by atoms with E-state index in [1.165, 1.54) is 0 Å². The summed E-state index contributed by atoms with van der Waals surface area (Å²) in [6.07, 6.45) is 0. The van der Waals surface area contributed by atoms with Gasteiger partial charge in [0, 0.05) is 31.6 Å². The Hall–Kier alpha value is -0.570. The van der Waals surface area contributed by atoms with Gasteiger partial charge in [-0.3, -0.25) is 4.79 Å². The summed E-state index contributed by atoms with van der Waals surface area (Å²) in [4.78, 5) is 13.6. The molecule has 0 aromatic rings. The largest absolute Gasteiger partial charge is 0.340 e. The molecule has 1 radical (unpaired) electrons. The first-order valence-corrected chi connectivity index (χ1v) is 4.44. The lowest BCUT2D eigenvalue weighted by Crippen LogP contribution is -2.48. The molecule has 1 rings (SSSR count). The third kappa shape index (κ3) is 2.21. The second-order valence-corrected chi connectivity index (χ2v) is 4.21. The van der Waals surface area contributed by atoms with Gasteiger partial charge in [-0.05, 0) is 0 Å². The quantitative estimate of drug-likeness (QED) is 0.519. The summed E-state index contributed by atoms with van der Waals surface area (Å²) in [6, 6.07) is 0. The van der Waals surface area contributed by atoms with Gasteiger partial charge in [0.05, 0.1) is 0 Å². The van der Waals surface area contributed by atoms with Crippen molar-refractivity contribution in [1.29, 1.82) is 0 Å². The van der Waals surface area contributed by atoms with Gasteiger partial charge in [0.15, 0.2) is 0 Å². The molecule has 0 aliphatic carbocycles. The fourth-order valence-electron chi connectivity index (χ4n) is 1.28. The lowest BCUT2D eigenvalue weighted by atomic mass is 9.94. The van der Waals surface area contributed by atoms with Crippen molar-refractivity contribution in [3.05, 3.63) is 0 Å². The van der Waals surface area contributed by atoms with Crippen LogP contribution in [0.3, 0.4) is 0 Å². The maximum absolute atomic E-state index is 11.7. The van der Waals surface area contributed by atoms with Crippen molar-refractivity contribution in [3.8, 4) is 0 Å². The molecule has 1 aliphatic heterocycles. The number of hydrogen-bond donors (Lipinski definition) is 0. The number of hydrogen-bond acceptors (Lipinski definition) is 1. The first kappa shape index (κ1) is 9.52. The van der Waals surface area contributed by atoms with Crippen molar-refractivity contribution in [2.75, 3.05) is 26.2 Å². The molecular formula is C9H17N2O. The Kier molecular flexibility index (Phi) is 2.73. The average Bonchev–Trinajstić information content (AvgIpc) is 2.03. The minimum atomic E-state index is -0.239. The van der Waals surface area contributed by atoms with E-state index in [-0.39, 0.29) is 11.3 Å². The SMILES string of the molecule is CC(C)(C)C(=O)N1CC[N]CC1. The van der Waals surface area contributed by atoms with Crippen LogP contribution in [0.15, 0.2) is 0 Å². The van der Waals surface area contributed by atoms with Gasteiger partial charge in [-0.2, -0.15) is 0 Å². The molecule has 0 unspecified atom stereocenters. The van der Waals surface area contributed by atoms with Gasteiger partial charge in [0.2, 0.25) is 5.91 Å². The Morgan fingerprint density at radius 1 is 1.25 bits per heavy atom. The number of carbonyl (C=O) groups excluding carboxylic acids is 1. The summed E-state index contributed by atoms with van der Waals surface area (Å²) in [5.41, 5.74) is -0.239. The van der Waals surface area contributed by atoms with Crippen LogP contribution >= 0.6 is 0 Å². The van der Waals surface area contributed by atoms with Gasteiger partial charge in [0.25, 0.3) is 0 Å². The fourth-order valence-corrected chi connectivity index (χ4v) is 1.28. The van der Waals surface area contributed by atoms with Crippen LogP contribution in [0.1, 0.15) is 20.8 Å². The van der Waals surface area contributed by atoms with Gasteiger partial charge >= 0.3 is 0 Å². The molecule has 1 saturated heterocycles. The molecule has 1 aliphatic rings. The molecule has 0 aromatic carbocycles. The summed E-state index contributed by atoms with van der Waals surface area (Å²) in [7, 11) is 0. The van der Waals surface area contributed by atoms with Crippen LogP contribution in [-0.4, -0.2) is 37.0 Å². The van der Waals surface area contributed by atoms with E-state index < -0.39 is 0 Å². The molecule has 0 spiro atoms. The Bertz CT molecular complexity index is 166. The smallest absolute Gasteiger partial charge is 0.228 e. The van der Waals surface area contributed by atoms with E-state index in [2.05, 4.69) is 5.32 Å². The second kappa shape index (κ2) is 3.44. The van der Waals surface area contributed by atoms with Crippen LogP contribution in [0.25, 0.3) is 0 Å². The molecule has 3 nitrogen and oxygen atoms in total. The van der Waals surface area contributed by atoms with Crippen molar-refractivity contribution < 1.29 is 4.79 Å². The first-order valence-electron chi connectivity index (χ1n) is 4.44. The monoisotopic (exact) mass is 169 g/mol. The number of carbonyl (C=O) groups is 1. The van der Waals surface area contributed by atoms with Crippen molar-refractivity contribution >= 4 is 5.91 Å². The highest BCUT2D eigenvalue weighted by Gasteiger charge is 2.27. The number of nitrogens with zero attached hydrogens (tertiary/aromatic N) is 2. The molecule has 0 atom stereocenters. The summed E-state index contributed by atoms with van der Waals surface area (Å²) in [5.74, 6) is 0.248. The third-order valence-electron chi connectivity index (χ3n) is 1.98. The first-order chi connectivity index (χ1) is 5.52. The van der Waals surface area contributed by atoms with Crippen LogP contribution < -0.4 is 5.32 Å². The standard InChI is InChI=1S/C9H17N2O/c1-9(2,3)8(12)11-6-4-10-5-7-11/h4-7H2,1-3H3. The van der Waals surface area contributed by atoms with E-state index in [0.29, 0.717) is 0 Å². The maximum Gasteiger partial charge on any atom is 0.228 e. The molecule has 12 heavy (non-hydrogen) atoms. The molecule has 69 valence electrons. The molecule has 1 heterocycles. The van der Waals surface area contributed by atoms with E-state index in [4.69, 9.17) is 0 Å². The van der Waals surface area contributed by atoms with E-state index >= 15 is 0 Å². The zero-order valence-electron chi connectivity index (χ0n) is 8.13. The van der Waals surface area contributed by atoms with Crippen LogP contribution in [-0.2, 0) is 4.79 Å². The topological polar surface area (TPSA) is 34.4 Å². The second-order valence-electron chi connectivity index (χ2n) is 4.21. The highest BCUT2D eigenvalue weighted by Crippen LogP contribution is 2.17. The van der Waals surface area contributed by atoms with Crippen molar-refractivity contribution in [1.82, 2.24) is 10.2 Å². The molecule has 0 aromatic heterocycles. The van der Waals surface area contributed by atoms with E-state index in [1.807, 2.05) is 25.7 Å². The molecule has 0 N–H and O–H groups in total. The molecule has 1 amide bonds. The van der Waals surface area contributed by atoms with E-state index in [1.54, 1.807) is 0 Å². The van der Waals surface area contributed by atoms with Gasteiger partial charge < -0.3 is 4.90 Å². The predicted octanol–water partition coefficient (Wildman–Crippen LogP) is 0.479. The summed E-state index contributed by atoms with van der Waals surface area (Å²) < 4.78 is 0. The Morgan fingerprint density at radius 2 is 1.75 bits per heavy atom. The molecule has 0 bridgehead atoms. The van der Waals surface area contributed by atoms with Crippen LogP contribution in [0, 0.1) is 5.41 Å². The van der Waals surface area contributed by atoms with Gasteiger partial charge in [-0.15, -0.1) is 0 Å². The van der Waals surface area contributed by atoms with E-state index in [9.17, 15) is 4.79 Å². The third-order valence-corrected chi connectivity index (χ3v) is 1.98. The van der Waals surface area contributed by atoms with Crippen LogP contribution in [0.4, 0.5) is 0 Å². The zero-order valence-corrected chi connectivity index (χ0v) is 8.13. The molecule has 1 fully saturated rings. The maximum atomic E-state index is 11.7. The van der Waals surface area contributed by atoms with Gasteiger partial charge in [-0.1, -0.05) is 20.8 Å². The summed E-state index contributed by atoms with van der Waals surface area (Å²) in [6.45, 7) is 9.10. The van der Waals surface area contributed by atoms with Gasteiger partial charge in [-0.25, -0.2) is 5.32 Å². The molecule has 0 saturated carbocycles. The van der Waals surface area contributed by atoms with Crippen molar-refractivity contribution in [3.63, 3.8) is 0 Å². The number of piperazine rings is 1. The van der Waals surface area contributed by atoms with Gasteiger partial charge in [0.1, 0.15) is 0 Å². The predicted molar refractivity (Wildman–Crippen MR) is 47.9 cm³/mol. The molecular weight excluding hydrogens is 152 g/mol. The minimum absolute atomic E-state index is 0.239. The highest BCUT2D eigenvalue weighted by molar-refractivity contribution is 5.81. The Morgan fingerprint density at radius 3 is 2.17 bits per heavy atom. The molecule has 3 heteroatoms. The Labute approximate surface area is 74.1 Å².